The molecule has 1 aromatic rings. The zero-order chi connectivity index (χ0) is 17.9. The van der Waals surface area contributed by atoms with Gasteiger partial charge in [-0.25, -0.2) is 9.38 Å². The van der Waals surface area contributed by atoms with Crippen LogP contribution in [0, 0.1) is 5.82 Å². The first-order chi connectivity index (χ1) is 11.5. The lowest BCUT2D eigenvalue weighted by atomic mass is 10.1. The quantitative estimate of drug-likeness (QED) is 0.199. The molecule has 0 aliphatic heterocycles. The van der Waals surface area contributed by atoms with E-state index in [1.165, 1.54) is 6.07 Å². The summed E-state index contributed by atoms with van der Waals surface area (Å²) in [6, 6.07) is 5.24. The lowest BCUT2D eigenvalue weighted by molar-refractivity contribution is 0.392. The van der Waals surface area contributed by atoms with Crippen molar-refractivity contribution in [3.63, 3.8) is 0 Å². The number of rotatable bonds is 9. The van der Waals surface area contributed by atoms with Gasteiger partial charge >= 0.3 is 0 Å². The second-order valence-electron chi connectivity index (χ2n) is 6.19. The van der Waals surface area contributed by atoms with E-state index in [1.54, 1.807) is 6.07 Å². The Bertz CT molecular complexity index is 546. The van der Waals surface area contributed by atoms with Crippen LogP contribution in [0.3, 0.4) is 0 Å². The predicted molar refractivity (Wildman–Crippen MR) is 116 cm³/mol. The van der Waals surface area contributed by atoms with Gasteiger partial charge in [-0.2, -0.15) is 0 Å². The molecule has 0 radical (unpaired) electrons. The molecule has 0 saturated heterocycles. The van der Waals surface area contributed by atoms with Crippen molar-refractivity contribution in [3.8, 4) is 0 Å². The molecule has 142 valence electrons. The Morgan fingerprint density at radius 3 is 2.64 bits per heavy atom. The summed E-state index contributed by atoms with van der Waals surface area (Å²) in [5.41, 5.74) is 1.72. The van der Waals surface area contributed by atoms with Crippen LogP contribution in [0.25, 0.3) is 0 Å². The maximum absolute atomic E-state index is 13.9. The van der Waals surface area contributed by atoms with E-state index < -0.39 is 0 Å². The average Bonchev–Trinajstić information content (AvgIpc) is 2.53. The van der Waals surface area contributed by atoms with Crippen LogP contribution in [0.4, 0.5) is 4.39 Å². The smallest absolute Gasteiger partial charge is 0.193 e. The van der Waals surface area contributed by atoms with Crippen LogP contribution < -0.4 is 5.32 Å². The molecule has 1 rings (SSSR count). The van der Waals surface area contributed by atoms with Crippen molar-refractivity contribution < 1.29 is 4.39 Å². The normalized spacial score (nSPS) is 11.2. The third-order valence-electron chi connectivity index (χ3n) is 3.61. The lowest BCUT2D eigenvalue weighted by Crippen LogP contribution is -2.39. The summed E-state index contributed by atoms with van der Waals surface area (Å²) in [7, 11) is 5.91. The van der Waals surface area contributed by atoms with Crippen LogP contribution >= 0.6 is 24.0 Å². The number of benzene rings is 1. The molecule has 6 heteroatoms. The van der Waals surface area contributed by atoms with Gasteiger partial charge in [0, 0.05) is 32.2 Å². The minimum absolute atomic E-state index is 0. The molecule has 0 aliphatic carbocycles. The SMILES string of the molecule is C=CCCCN(C)C(=NCc1ccc(F)c(CN(C)C)c1)NCC.I. The van der Waals surface area contributed by atoms with Crippen molar-refractivity contribution in [1.29, 1.82) is 0 Å². The molecule has 0 amide bonds. The Balaban J connectivity index is 0.00000576. The number of halogens is 2. The fourth-order valence-corrected chi connectivity index (χ4v) is 2.40. The van der Waals surface area contributed by atoms with Gasteiger partial charge in [0.2, 0.25) is 0 Å². The summed E-state index contributed by atoms with van der Waals surface area (Å²) in [5.74, 6) is 0.713. The lowest BCUT2D eigenvalue weighted by Gasteiger charge is -2.22. The van der Waals surface area contributed by atoms with Crippen molar-refractivity contribution in [1.82, 2.24) is 15.1 Å². The third-order valence-corrected chi connectivity index (χ3v) is 3.61. The first-order valence-corrected chi connectivity index (χ1v) is 8.50. The molecule has 0 atom stereocenters. The predicted octanol–water partition coefficient (Wildman–Crippen LogP) is 3.87. The van der Waals surface area contributed by atoms with E-state index in [0.29, 0.717) is 18.7 Å². The molecule has 0 aliphatic rings. The second-order valence-corrected chi connectivity index (χ2v) is 6.19. The molecule has 0 spiro atoms. The van der Waals surface area contributed by atoms with Gasteiger partial charge in [-0.1, -0.05) is 12.1 Å². The number of unbranched alkanes of at least 4 members (excludes halogenated alkanes) is 1. The van der Waals surface area contributed by atoms with Gasteiger partial charge in [0.15, 0.2) is 5.96 Å². The van der Waals surface area contributed by atoms with Gasteiger partial charge in [0.25, 0.3) is 0 Å². The van der Waals surface area contributed by atoms with E-state index in [1.807, 2.05) is 38.2 Å². The van der Waals surface area contributed by atoms with Crippen LogP contribution in [0.2, 0.25) is 0 Å². The zero-order valence-electron chi connectivity index (χ0n) is 15.9. The minimum atomic E-state index is -0.162. The largest absolute Gasteiger partial charge is 0.357 e. The Kier molecular flexibility index (Phi) is 12.5. The highest BCUT2D eigenvalue weighted by atomic mass is 127. The summed E-state index contributed by atoms with van der Waals surface area (Å²) in [4.78, 5) is 8.77. The molecule has 0 saturated carbocycles. The number of guanidine groups is 1. The van der Waals surface area contributed by atoms with E-state index in [2.05, 4.69) is 28.7 Å². The second kappa shape index (κ2) is 13.1. The highest BCUT2D eigenvalue weighted by Gasteiger charge is 2.07. The molecule has 1 N–H and O–H groups in total. The van der Waals surface area contributed by atoms with Crippen LogP contribution in [0.15, 0.2) is 35.8 Å². The van der Waals surface area contributed by atoms with E-state index in [-0.39, 0.29) is 29.8 Å². The average molecular weight is 462 g/mol. The summed E-state index contributed by atoms with van der Waals surface area (Å²) in [6.07, 6.45) is 3.98. The number of nitrogens with zero attached hydrogens (tertiary/aromatic N) is 3. The van der Waals surface area contributed by atoms with Gasteiger partial charge in [-0.05, 0) is 51.6 Å². The summed E-state index contributed by atoms with van der Waals surface area (Å²) >= 11 is 0. The van der Waals surface area contributed by atoms with Crippen LogP contribution in [0.5, 0.6) is 0 Å². The van der Waals surface area contributed by atoms with Gasteiger partial charge in [0.1, 0.15) is 5.82 Å². The van der Waals surface area contributed by atoms with Crippen LogP contribution in [0.1, 0.15) is 30.9 Å². The summed E-state index contributed by atoms with van der Waals surface area (Å²) in [6.45, 7) is 8.68. The van der Waals surface area contributed by atoms with E-state index in [0.717, 1.165) is 37.5 Å². The van der Waals surface area contributed by atoms with Gasteiger partial charge in [-0.15, -0.1) is 30.6 Å². The molecule has 0 bridgehead atoms. The van der Waals surface area contributed by atoms with Crippen LogP contribution in [-0.2, 0) is 13.1 Å². The molecule has 0 heterocycles. The Morgan fingerprint density at radius 1 is 1.32 bits per heavy atom. The molecular formula is C19H32FIN4. The monoisotopic (exact) mass is 462 g/mol. The number of aliphatic imine (C=N–C) groups is 1. The van der Waals surface area contributed by atoms with Crippen molar-refractivity contribution in [2.24, 2.45) is 4.99 Å². The molecule has 4 nitrogen and oxygen atoms in total. The molecule has 25 heavy (non-hydrogen) atoms. The van der Waals surface area contributed by atoms with E-state index in [4.69, 9.17) is 0 Å². The van der Waals surface area contributed by atoms with E-state index >= 15 is 0 Å². The molecule has 1 aromatic carbocycles. The van der Waals surface area contributed by atoms with Gasteiger partial charge in [-0.3, -0.25) is 0 Å². The topological polar surface area (TPSA) is 30.9 Å². The van der Waals surface area contributed by atoms with Crippen LogP contribution in [-0.4, -0.2) is 50.0 Å². The Labute approximate surface area is 169 Å². The molecule has 0 aromatic heterocycles. The standard InChI is InChI=1S/C19H31FN4.HI/c1-6-8-9-12-24(5)19(21-7-2)22-14-16-10-11-18(20)17(13-16)15-23(3)4;/h6,10-11,13H,1,7-9,12,14-15H2,2-5H3,(H,21,22);1H. The van der Waals surface area contributed by atoms with Crippen molar-refractivity contribution in [2.45, 2.75) is 32.9 Å². The number of hydrogen-bond donors (Lipinski definition) is 1. The number of allylic oxidation sites excluding steroid dienone is 1. The van der Waals surface area contributed by atoms with Crippen molar-refractivity contribution >= 4 is 29.9 Å². The fraction of sp³-hybridized carbons (Fsp3) is 0.526. The van der Waals surface area contributed by atoms with E-state index in [9.17, 15) is 4.39 Å². The first kappa shape index (κ1) is 23.9. The summed E-state index contributed by atoms with van der Waals surface area (Å²) in [5, 5.41) is 3.31. The highest BCUT2D eigenvalue weighted by Crippen LogP contribution is 2.13. The summed E-state index contributed by atoms with van der Waals surface area (Å²) < 4.78 is 13.9. The Hall–Kier alpha value is -1.15. The molecule has 0 unspecified atom stereocenters. The maximum atomic E-state index is 13.9. The van der Waals surface area contributed by atoms with Gasteiger partial charge in [0.05, 0.1) is 6.54 Å². The fourth-order valence-electron chi connectivity index (χ4n) is 2.40. The Morgan fingerprint density at radius 2 is 2.04 bits per heavy atom. The maximum Gasteiger partial charge on any atom is 0.193 e. The number of hydrogen-bond acceptors (Lipinski definition) is 2. The number of nitrogens with one attached hydrogen (secondary N) is 1. The van der Waals surface area contributed by atoms with Crippen molar-refractivity contribution in [3.05, 3.63) is 47.8 Å². The van der Waals surface area contributed by atoms with Crippen molar-refractivity contribution in [2.75, 3.05) is 34.2 Å². The highest BCUT2D eigenvalue weighted by molar-refractivity contribution is 14.0. The molecule has 0 fully saturated rings. The minimum Gasteiger partial charge on any atom is -0.357 e. The third kappa shape index (κ3) is 9.21. The first-order valence-electron chi connectivity index (χ1n) is 8.50. The zero-order valence-corrected chi connectivity index (χ0v) is 18.2. The molecular weight excluding hydrogens is 430 g/mol. The van der Waals surface area contributed by atoms with Gasteiger partial charge < -0.3 is 15.1 Å².